The molecule has 1 aromatic rings. The molecule has 0 spiro atoms. The van der Waals surface area contributed by atoms with Gasteiger partial charge in [-0.2, -0.15) is 5.26 Å². The van der Waals surface area contributed by atoms with Crippen LogP contribution in [0.4, 0.5) is 0 Å². The van der Waals surface area contributed by atoms with E-state index in [0.717, 1.165) is 31.0 Å². The number of nitrogens with zero attached hydrogens (tertiary/aromatic N) is 1. The van der Waals surface area contributed by atoms with Gasteiger partial charge in [0.05, 0.1) is 4.90 Å². The number of phenolic OH excluding ortho intramolecular Hbond substituents is 1. The van der Waals surface area contributed by atoms with E-state index in [1.807, 2.05) is 17.5 Å². The van der Waals surface area contributed by atoms with Crippen molar-refractivity contribution in [1.29, 1.82) is 5.26 Å². The highest BCUT2D eigenvalue weighted by molar-refractivity contribution is 8.03. The van der Waals surface area contributed by atoms with Gasteiger partial charge in [0.25, 0.3) is 0 Å². The van der Waals surface area contributed by atoms with Gasteiger partial charge in [-0.1, -0.05) is 19.4 Å². The molecule has 0 amide bonds. The quantitative estimate of drug-likeness (QED) is 0.608. The van der Waals surface area contributed by atoms with E-state index in [4.69, 9.17) is 5.26 Å². The van der Waals surface area contributed by atoms with Crippen molar-refractivity contribution in [3.8, 4) is 11.2 Å². The van der Waals surface area contributed by atoms with Crippen molar-refractivity contribution in [3.63, 3.8) is 0 Å². The van der Waals surface area contributed by atoms with Crippen LogP contribution in [0.3, 0.4) is 0 Å². The van der Waals surface area contributed by atoms with Crippen LogP contribution in [0, 0.1) is 10.7 Å². The second-order valence-corrected chi connectivity index (χ2v) is 3.93. The Labute approximate surface area is 88.6 Å². The molecular weight excluding hydrogens is 194 g/mol. The van der Waals surface area contributed by atoms with Crippen LogP contribution < -0.4 is 0 Å². The van der Waals surface area contributed by atoms with Crippen LogP contribution in [-0.2, 0) is 6.42 Å². The van der Waals surface area contributed by atoms with Gasteiger partial charge in [-0.05, 0) is 42.3 Å². The van der Waals surface area contributed by atoms with E-state index in [2.05, 4.69) is 6.92 Å². The number of aryl methyl sites for hydroxylation is 1. The van der Waals surface area contributed by atoms with Crippen LogP contribution >= 0.6 is 11.8 Å². The van der Waals surface area contributed by atoms with E-state index in [-0.39, 0.29) is 5.75 Å². The van der Waals surface area contributed by atoms with E-state index in [9.17, 15) is 5.11 Å². The first kappa shape index (κ1) is 10.9. The first-order chi connectivity index (χ1) is 6.77. The van der Waals surface area contributed by atoms with Gasteiger partial charge in [-0.3, -0.25) is 0 Å². The van der Waals surface area contributed by atoms with Gasteiger partial charge in [0.1, 0.15) is 11.2 Å². The van der Waals surface area contributed by atoms with E-state index >= 15 is 0 Å². The Kier molecular flexibility index (Phi) is 4.34. The number of nitriles is 1. The highest BCUT2D eigenvalue weighted by Crippen LogP contribution is 2.28. The second-order valence-electron chi connectivity index (χ2n) is 3.10. The predicted octanol–water partition coefficient (Wildman–Crippen LogP) is 3.31. The Morgan fingerprint density at radius 1 is 1.50 bits per heavy atom. The first-order valence-corrected chi connectivity index (χ1v) is 5.47. The lowest BCUT2D eigenvalue weighted by Gasteiger charge is -2.03. The zero-order chi connectivity index (χ0) is 10.4. The number of phenols is 1. The van der Waals surface area contributed by atoms with E-state index in [1.54, 1.807) is 6.07 Å². The summed E-state index contributed by atoms with van der Waals surface area (Å²) < 4.78 is 0. The highest BCUT2D eigenvalue weighted by Gasteiger charge is 2.02. The number of hydrogen-bond acceptors (Lipinski definition) is 3. The van der Waals surface area contributed by atoms with Crippen molar-refractivity contribution >= 4 is 11.8 Å². The summed E-state index contributed by atoms with van der Waals surface area (Å²) in [4.78, 5) is 0.654. The molecule has 0 saturated carbocycles. The predicted molar refractivity (Wildman–Crippen MR) is 58.2 cm³/mol. The molecule has 0 unspecified atom stereocenters. The van der Waals surface area contributed by atoms with Gasteiger partial charge in [0, 0.05) is 0 Å². The number of hydrogen-bond donors (Lipinski definition) is 1. The molecule has 74 valence electrons. The largest absolute Gasteiger partial charge is 0.507 e. The average molecular weight is 207 g/mol. The normalized spacial score (nSPS) is 9.71. The third-order valence-corrected chi connectivity index (χ3v) is 2.64. The molecule has 0 saturated heterocycles. The summed E-state index contributed by atoms with van der Waals surface area (Å²) in [5.41, 5.74) is 1.18. The highest BCUT2D eigenvalue weighted by atomic mass is 32.2. The third kappa shape index (κ3) is 2.97. The number of unbranched alkanes of at least 4 members (excludes halogenated alkanes) is 1. The summed E-state index contributed by atoms with van der Waals surface area (Å²) in [5.74, 6) is 0.191. The van der Waals surface area contributed by atoms with Gasteiger partial charge >= 0.3 is 0 Å². The maximum Gasteiger partial charge on any atom is 0.138 e. The second kappa shape index (κ2) is 5.56. The van der Waals surface area contributed by atoms with Crippen molar-refractivity contribution < 1.29 is 5.11 Å². The SMILES string of the molecule is CCCCc1ccc(O)c(SC#N)c1. The van der Waals surface area contributed by atoms with Crippen LogP contribution in [-0.4, -0.2) is 5.11 Å². The third-order valence-electron chi connectivity index (χ3n) is 2.00. The number of thioether (sulfide) groups is 1. The molecule has 0 aliphatic rings. The number of thiocyanates is 1. The Balaban J connectivity index is 2.79. The molecule has 0 aliphatic carbocycles. The summed E-state index contributed by atoms with van der Waals surface area (Å²) in [6.07, 6.45) is 3.30. The molecule has 0 atom stereocenters. The Morgan fingerprint density at radius 3 is 2.93 bits per heavy atom. The molecule has 0 radical (unpaired) electrons. The lowest BCUT2D eigenvalue weighted by molar-refractivity contribution is 0.462. The fourth-order valence-corrected chi connectivity index (χ4v) is 1.71. The van der Waals surface area contributed by atoms with Crippen LogP contribution in [0.5, 0.6) is 5.75 Å². The molecule has 0 fully saturated rings. The van der Waals surface area contributed by atoms with E-state index < -0.39 is 0 Å². The van der Waals surface area contributed by atoms with Crippen molar-refractivity contribution in [3.05, 3.63) is 23.8 Å². The number of aromatic hydroxyl groups is 1. The molecule has 1 N–H and O–H groups in total. The lowest BCUT2D eigenvalue weighted by atomic mass is 10.1. The van der Waals surface area contributed by atoms with Crippen molar-refractivity contribution in [1.82, 2.24) is 0 Å². The Bertz CT molecular complexity index is 344. The topological polar surface area (TPSA) is 44.0 Å². The van der Waals surface area contributed by atoms with Crippen molar-refractivity contribution in [2.45, 2.75) is 31.1 Å². The molecule has 0 heterocycles. The van der Waals surface area contributed by atoms with Crippen molar-refractivity contribution in [2.75, 3.05) is 0 Å². The van der Waals surface area contributed by atoms with Crippen LogP contribution in [0.25, 0.3) is 0 Å². The minimum absolute atomic E-state index is 0.191. The maximum absolute atomic E-state index is 9.42. The molecule has 1 rings (SSSR count). The first-order valence-electron chi connectivity index (χ1n) is 4.65. The van der Waals surface area contributed by atoms with Gasteiger partial charge in [-0.25, -0.2) is 0 Å². The fraction of sp³-hybridized carbons (Fsp3) is 0.364. The van der Waals surface area contributed by atoms with Crippen LogP contribution in [0.2, 0.25) is 0 Å². The summed E-state index contributed by atoms with van der Waals surface area (Å²) in [6, 6.07) is 5.45. The van der Waals surface area contributed by atoms with Crippen LogP contribution in [0.1, 0.15) is 25.3 Å². The molecular formula is C11H13NOS. The molecule has 0 aliphatic heterocycles. The minimum atomic E-state index is 0.191. The maximum atomic E-state index is 9.42. The number of rotatable bonds is 4. The molecule has 3 heteroatoms. The van der Waals surface area contributed by atoms with E-state index in [0.29, 0.717) is 4.90 Å². The fourth-order valence-electron chi connectivity index (χ4n) is 1.23. The zero-order valence-corrected chi connectivity index (χ0v) is 8.97. The summed E-state index contributed by atoms with van der Waals surface area (Å²) in [6.45, 7) is 2.14. The van der Waals surface area contributed by atoms with Crippen molar-refractivity contribution in [2.24, 2.45) is 0 Å². The van der Waals surface area contributed by atoms with E-state index in [1.165, 1.54) is 5.56 Å². The van der Waals surface area contributed by atoms with Gasteiger partial charge in [0.2, 0.25) is 0 Å². The summed E-state index contributed by atoms with van der Waals surface area (Å²) in [7, 11) is 0. The lowest BCUT2D eigenvalue weighted by Crippen LogP contribution is -1.85. The molecule has 1 aromatic carbocycles. The monoisotopic (exact) mass is 207 g/mol. The Hall–Kier alpha value is -1.14. The summed E-state index contributed by atoms with van der Waals surface area (Å²) in [5, 5.41) is 19.9. The Morgan fingerprint density at radius 2 is 2.29 bits per heavy atom. The van der Waals surface area contributed by atoms with Gasteiger partial charge in [-0.15, -0.1) is 0 Å². The zero-order valence-electron chi connectivity index (χ0n) is 8.16. The average Bonchev–Trinajstić information content (AvgIpc) is 2.19. The van der Waals surface area contributed by atoms with Crippen LogP contribution in [0.15, 0.2) is 23.1 Å². The minimum Gasteiger partial charge on any atom is -0.507 e. The molecule has 2 nitrogen and oxygen atoms in total. The molecule has 0 bridgehead atoms. The summed E-state index contributed by atoms with van der Waals surface area (Å²) >= 11 is 1.01. The molecule has 0 aromatic heterocycles. The van der Waals surface area contributed by atoms with Gasteiger partial charge < -0.3 is 5.11 Å². The van der Waals surface area contributed by atoms with Gasteiger partial charge in [0.15, 0.2) is 0 Å². The number of benzene rings is 1. The molecule has 14 heavy (non-hydrogen) atoms. The standard InChI is InChI=1S/C11H13NOS/c1-2-3-4-9-5-6-10(13)11(7-9)14-8-12/h5-7,13H,2-4H2,1H3. The smallest absolute Gasteiger partial charge is 0.138 e.